The van der Waals surface area contributed by atoms with E-state index in [9.17, 15) is 5.26 Å². The third-order valence-electron chi connectivity index (χ3n) is 7.54. The second-order valence-corrected chi connectivity index (χ2v) is 9.79. The van der Waals surface area contributed by atoms with Crippen LogP contribution in [0.5, 0.6) is 0 Å². The van der Waals surface area contributed by atoms with Crippen LogP contribution in [0.4, 0.5) is 11.4 Å². The van der Waals surface area contributed by atoms with Gasteiger partial charge >= 0.3 is 0 Å². The van der Waals surface area contributed by atoms with E-state index in [1.807, 2.05) is 18.2 Å². The number of ether oxygens (including phenoxy) is 1. The molecule has 182 valence electrons. The summed E-state index contributed by atoms with van der Waals surface area (Å²) in [5.74, 6) is 0. The van der Waals surface area contributed by atoms with E-state index in [1.54, 1.807) is 13.2 Å². The molecule has 3 heterocycles. The van der Waals surface area contributed by atoms with Crippen LogP contribution in [0.1, 0.15) is 35.2 Å². The van der Waals surface area contributed by atoms with Crippen molar-refractivity contribution < 1.29 is 4.74 Å². The summed E-state index contributed by atoms with van der Waals surface area (Å²) in [5.41, 5.74) is 6.94. The van der Waals surface area contributed by atoms with Crippen molar-refractivity contribution in [3.63, 3.8) is 0 Å². The van der Waals surface area contributed by atoms with Gasteiger partial charge in [-0.2, -0.15) is 5.26 Å². The number of piperazine rings is 2. The molecule has 2 aromatic rings. The van der Waals surface area contributed by atoms with Crippen molar-refractivity contribution in [3.05, 3.63) is 64.7 Å². The summed E-state index contributed by atoms with van der Waals surface area (Å²) >= 11 is 0. The highest BCUT2D eigenvalue weighted by Gasteiger charge is 2.39. The lowest BCUT2D eigenvalue weighted by molar-refractivity contribution is 0.134. The molecule has 0 aromatic heterocycles. The lowest BCUT2D eigenvalue weighted by Crippen LogP contribution is -2.52. The Morgan fingerprint density at radius 1 is 1.17 bits per heavy atom. The molecule has 0 radical (unpaired) electrons. The van der Waals surface area contributed by atoms with Crippen molar-refractivity contribution in [2.24, 2.45) is 0 Å². The quantitative estimate of drug-likeness (QED) is 0.630. The van der Waals surface area contributed by atoms with Gasteiger partial charge in [-0.3, -0.25) is 4.90 Å². The average molecular weight is 471 g/mol. The van der Waals surface area contributed by atoms with Gasteiger partial charge in [0.15, 0.2) is 0 Å². The molecule has 3 aliphatic heterocycles. The van der Waals surface area contributed by atoms with Crippen molar-refractivity contribution >= 4 is 23.7 Å². The van der Waals surface area contributed by atoms with Gasteiger partial charge in [0, 0.05) is 76.1 Å². The second kappa shape index (κ2) is 10.2. The van der Waals surface area contributed by atoms with E-state index >= 15 is 0 Å². The van der Waals surface area contributed by atoms with Gasteiger partial charge in [0.25, 0.3) is 0 Å². The predicted molar refractivity (Wildman–Crippen MR) is 141 cm³/mol. The number of allylic oxidation sites excluding steroid dienone is 1. The highest BCUT2D eigenvalue weighted by molar-refractivity contribution is 5.80. The summed E-state index contributed by atoms with van der Waals surface area (Å²) < 4.78 is 5.37. The topological polar surface area (TPSA) is 78.6 Å². The van der Waals surface area contributed by atoms with Gasteiger partial charge in [-0.15, -0.1) is 0 Å². The largest absolute Gasteiger partial charge is 0.383 e. The molecule has 7 nitrogen and oxygen atoms in total. The van der Waals surface area contributed by atoms with E-state index in [1.165, 1.54) is 23.0 Å². The number of benzene rings is 2. The van der Waals surface area contributed by atoms with Crippen molar-refractivity contribution in [1.29, 1.82) is 10.7 Å². The number of methoxy groups -OCH3 is 1. The minimum Gasteiger partial charge on any atom is -0.383 e. The molecule has 0 unspecified atom stereocenters. The number of nitrogens with zero attached hydrogens (tertiary/aromatic N) is 4. The molecule has 0 aliphatic carbocycles. The Balaban J connectivity index is 1.39. The number of rotatable bonds is 6. The van der Waals surface area contributed by atoms with Crippen LogP contribution in [0.15, 0.2) is 42.5 Å². The lowest BCUT2D eigenvalue weighted by atomic mass is 9.99. The number of nitrogens with one attached hydrogen (secondary N) is 2. The van der Waals surface area contributed by atoms with Gasteiger partial charge in [0.05, 0.1) is 24.3 Å². The van der Waals surface area contributed by atoms with Gasteiger partial charge < -0.3 is 25.3 Å². The van der Waals surface area contributed by atoms with Gasteiger partial charge in [0.2, 0.25) is 0 Å². The van der Waals surface area contributed by atoms with E-state index in [0.717, 1.165) is 57.1 Å². The second-order valence-electron chi connectivity index (χ2n) is 9.79. The number of hydrogen-bond acceptors (Lipinski definition) is 7. The molecule has 0 amide bonds. The Labute approximate surface area is 208 Å². The first-order valence-corrected chi connectivity index (χ1v) is 12.4. The molecule has 2 N–H and O–H groups in total. The number of anilines is 2. The van der Waals surface area contributed by atoms with E-state index in [4.69, 9.17) is 10.1 Å². The van der Waals surface area contributed by atoms with Gasteiger partial charge in [-0.1, -0.05) is 12.1 Å². The lowest BCUT2D eigenvalue weighted by Gasteiger charge is -2.44. The van der Waals surface area contributed by atoms with Crippen LogP contribution in [-0.4, -0.2) is 69.6 Å². The van der Waals surface area contributed by atoms with E-state index in [0.29, 0.717) is 23.7 Å². The molecule has 35 heavy (non-hydrogen) atoms. The van der Waals surface area contributed by atoms with Crippen molar-refractivity contribution in [3.8, 4) is 6.07 Å². The van der Waals surface area contributed by atoms with Gasteiger partial charge in [0.1, 0.15) is 0 Å². The molecule has 7 heteroatoms. The maximum Gasteiger partial charge on any atom is 0.0991 e. The van der Waals surface area contributed by atoms with Gasteiger partial charge in [-0.05, 0) is 60.0 Å². The monoisotopic (exact) mass is 470 g/mol. The first-order valence-electron chi connectivity index (χ1n) is 12.4. The molecular weight excluding hydrogens is 436 g/mol. The summed E-state index contributed by atoms with van der Waals surface area (Å²) in [6.45, 7) is 8.85. The van der Waals surface area contributed by atoms with Crippen LogP contribution in [0.3, 0.4) is 0 Å². The summed E-state index contributed by atoms with van der Waals surface area (Å²) in [6.07, 6.45) is 4.93. The SMILES string of the molecule is COC[C@H]1CN(c2ccc3c(c2)CN2[C@H](C)CN(c4ccc(C#N)cc4/C=C\C=N)C[C@H]32)CCN1. The summed E-state index contributed by atoms with van der Waals surface area (Å²) in [5, 5.41) is 20.3. The molecular formula is C28H34N6O. The zero-order valence-corrected chi connectivity index (χ0v) is 20.6. The molecule has 0 saturated carbocycles. The maximum atomic E-state index is 9.37. The molecule has 2 saturated heterocycles. The zero-order chi connectivity index (χ0) is 24.4. The first-order chi connectivity index (χ1) is 17.1. The Kier molecular flexibility index (Phi) is 6.87. The smallest absolute Gasteiger partial charge is 0.0991 e. The summed E-state index contributed by atoms with van der Waals surface area (Å²) in [7, 11) is 1.77. The standard InChI is InChI=1S/C28H34N6O/c1-20-15-33(27-8-5-21(14-30)12-22(27)4-3-9-29)18-28-26-7-6-25(13-23(26)16-34(20)28)32-11-10-31-24(17-32)19-35-2/h3-9,12-13,20,24,28-29,31H,10-11,15-19H2,1-2H3/b4-3-,29-9?/t20-,24-,28-/m1/s1. The molecule has 3 atom stereocenters. The Morgan fingerprint density at radius 3 is 2.86 bits per heavy atom. The molecule has 5 rings (SSSR count). The van der Waals surface area contributed by atoms with E-state index < -0.39 is 0 Å². The minimum atomic E-state index is 0.349. The van der Waals surface area contributed by atoms with Crippen LogP contribution >= 0.6 is 0 Å². The van der Waals surface area contributed by atoms with E-state index in [2.05, 4.69) is 57.3 Å². The van der Waals surface area contributed by atoms with Gasteiger partial charge in [-0.25, -0.2) is 0 Å². The molecule has 0 bridgehead atoms. The normalized spacial score (nSPS) is 24.3. The highest BCUT2D eigenvalue weighted by atomic mass is 16.5. The maximum absolute atomic E-state index is 9.37. The van der Waals surface area contributed by atoms with E-state index in [-0.39, 0.29) is 0 Å². The van der Waals surface area contributed by atoms with Crippen molar-refractivity contribution in [2.75, 3.05) is 56.2 Å². The minimum absolute atomic E-state index is 0.349. The molecule has 2 aromatic carbocycles. The highest BCUT2D eigenvalue weighted by Crippen LogP contribution is 2.41. The predicted octanol–water partition coefficient (Wildman–Crippen LogP) is 3.41. The number of nitriles is 1. The Morgan fingerprint density at radius 2 is 2.06 bits per heavy atom. The van der Waals surface area contributed by atoms with Crippen LogP contribution in [-0.2, 0) is 11.3 Å². The molecule has 3 aliphatic rings. The fraction of sp³-hybridized carbons (Fsp3) is 0.429. The van der Waals surface area contributed by atoms with Crippen molar-refractivity contribution in [2.45, 2.75) is 31.6 Å². The Hall–Kier alpha value is -3.18. The number of hydrogen-bond donors (Lipinski definition) is 2. The molecule has 0 spiro atoms. The fourth-order valence-electron chi connectivity index (χ4n) is 5.88. The fourth-order valence-corrected chi connectivity index (χ4v) is 5.88. The molecule has 2 fully saturated rings. The average Bonchev–Trinajstić information content (AvgIpc) is 3.26. The van der Waals surface area contributed by atoms with Crippen molar-refractivity contribution in [1.82, 2.24) is 10.2 Å². The third-order valence-corrected chi connectivity index (χ3v) is 7.54. The Bertz CT molecular complexity index is 1150. The zero-order valence-electron chi connectivity index (χ0n) is 20.6. The van der Waals surface area contributed by atoms with Crippen LogP contribution in [0, 0.1) is 16.7 Å². The van der Waals surface area contributed by atoms with Crippen LogP contribution < -0.4 is 15.1 Å². The summed E-state index contributed by atoms with van der Waals surface area (Å²) in [4.78, 5) is 7.56. The number of fused-ring (bicyclic) bond motifs is 3. The van der Waals surface area contributed by atoms with Crippen LogP contribution in [0.2, 0.25) is 0 Å². The van der Waals surface area contributed by atoms with Crippen LogP contribution in [0.25, 0.3) is 6.08 Å². The first kappa shape index (κ1) is 23.6. The third kappa shape index (κ3) is 4.70. The summed E-state index contributed by atoms with van der Waals surface area (Å²) in [6, 6.07) is 16.3.